The molecule has 0 amide bonds. The first-order valence-corrected chi connectivity index (χ1v) is 9.02. The Balaban J connectivity index is 0.00000420. The van der Waals surface area contributed by atoms with E-state index >= 15 is 0 Å². The molecule has 0 aliphatic heterocycles. The van der Waals surface area contributed by atoms with E-state index in [0.29, 0.717) is 6.54 Å². The Morgan fingerprint density at radius 3 is 2.21 bits per heavy atom. The summed E-state index contributed by atoms with van der Waals surface area (Å²) in [5.41, 5.74) is 8.07. The SMILES string of the molecule is CCN(CC)Cc1ccc(CN=C(N)Nc2ccccc2OC(F)(F)F)cc1.I. The van der Waals surface area contributed by atoms with Crippen molar-refractivity contribution >= 4 is 35.6 Å². The number of rotatable bonds is 8. The fourth-order valence-electron chi connectivity index (χ4n) is 2.59. The van der Waals surface area contributed by atoms with Crippen molar-refractivity contribution in [1.29, 1.82) is 0 Å². The van der Waals surface area contributed by atoms with E-state index in [1.54, 1.807) is 6.07 Å². The summed E-state index contributed by atoms with van der Waals surface area (Å²) in [6.45, 7) is 7.43. The zero-order valence-electron chi connectivity index (χ0n) is 16.4. The highest BCUT2D eigenvalue weighted by atomic mass is 127. The summed E-state index contributed by atoms with van der Waals surface area (Å²) >= 11 is 0. The summed E-state index contributed by atoms with van der Waals surface area (Å²) in [6.07, 6.45) is -4.78. The molecule has 0 bridgehead atoms. The molecule has 2 aromatic rings. The Bertz CT molecular complexity index is 778. The van der Waals surface area contributed by atoms with Crippen LogP contribution in [0.5, 0.6) is 5.75 Å². The van der Waals surface area contributed by atoms with Crippen LogP contribution in [0.3, 0.4) is 0 Å². The molecule has 0 atom stereocenters. The second kappa shape index (κ2) is 11.9. The molecule has 0 aromatic heterocycles. The fourth-order valence-corrected chi connectivity index (χ4v) is 2.59. The van der Waals surface area contributed by atoms with Crippen molar-refractivity contribution in [2.75, 3.05) is 18.4 Å². The predicted octanol–water partition coefficient (Wildman–Crippen LogP) is 4.97. The van der Waals surface area contributed by atoms with Crippen LogP contribution in [0.1, 0.15) is 25.0 Å². The van der Waals surface area contributed by atoms with Crippen LogP contribution in [-0.2, 0) is 13.1 Å². The van der Waals surface area contributed by atoms with E-state index in [4.69, 9.17) is 5.73 Å². The number of hydrogen-bond donors (Lipinski definition) is 2. The van der Waals surface area contributed by atoms with Gasteiger partial charge in [-0.2, -0.15) is 0 Å². The molecule has 3 N–H and O–H groups in total. The zero-order chi connectivity index (χ0) is 20.6. The Labute approximate surface area is 186 Å². The second-order valence-corrected chi connectivity index (χ2v) is 6.15. The molecule has 0 spiro atoms. The van der Waals surface area contributed by atoms with Crippen LogP contribution < -0.4 is 15.8 Å². The Kier molecular flexibility index (Phi) is 10.2. The zero-order valence-corrected chi connectivity index (χ0v) is 18.7. The Morgan fingerprint density at radius 2 is 1.62 bits per heavy atom. The molecule has 9 heteroatoms. The largest absolute Gasteiger partial charge is 0.573 e. The topological polar surface area (TPSA) is 62.9 Å². The van der Waals surface area contributed by atoms with Gasteiger partial charge in [0.1, 0.15) is 0 Å². The third-order valence-corrected chi connectivity index (χ3v) is 4.13. The number of alkyl halides is 3. The standard InChI is InChI=1S/C20H25F3N4O.HI/c1-3-27(4-2)14-16-11-9-15(10-12-16)13-25-19(24)26-17-7-5-6-8-18(17)28-20(21,22)23;/h5-12H,3-4,13-14H2,1-2H3,(H3,24,25,26);1H. The van der Waals surface area contributed by atoms with Crippen LogP contribution in [0.4, 0.5) is 18.9 Å². The van der Waals surface area contributed by atoms with E-state index < -0.39 is 6.36 Å². The van der Waals surface area contributed by atoms with Crippen LogP contribution in [0.15, 0.2) is 53.5 Å². The number of aliphatic imine (C=N–C) groups is 1. The number of para-hydroxylation sites is 2. The number of hydrogen-bond acceptors (Lipinski definition) is 3. The van der Waals surface area contributed by atoms with Crippen molar-refractivity contribution in [2.24, 2.45) is 10.7 Å². The van der Waals surface area contributed by atoms with E-state index in [0.717, 1.165) is 25.2 Å². The summed E-state index contributed by atoms with van der Waals surface area (Å²) in [6, 6.07) is 13.7. The molecule has 5 nitrogen and oxygen atoms in total. The number of nitrogens with two attached hydrogens (primary N) is 1. The summed E-state index contributed by atoms with van der Waals surface area (Å²) in [7, 11) is 0. The lowest BCUT2D eigenvalue weighted by molar-refractivity contribution is -0.274. The van der Waals surface area contributed by atoms with Gasteiger partial charge in [0.15, 0.2) is 11.7 Å². The van der Waals surface area contributed by atoms with Crippen LogP contribution in [0.2, 0.25) is 0 Å². The first kappa shape index (κ1) is 25.0. The molecule has 2 aromatic carbocycles. The molecule has 0 aliphatic rings. The normalized spacial score (nSPS) is 11.9. The summed E-state index contributed by atoms with van der Waals surface area (Å²) in [4.78, 5) is 6.50. The van der Waals surface area contributed by atoms with Crippen molar-refractivity contribution in [3.05, 3.63) is 59.7 Å². The van der Waals surface area contributed by atoms with Gasteiger partial charge in [0.25, 0.3) is 0 Å². The molecule has 160 valence electrons. The number of nitrogens with one attached hydrogen (secondary N) is 1. The molecule has 0 unspecified atom stereocenters. The molecule has 0 radical (unpaired) electrons. The molecule has 2 rings (SSSR count). The first-order chi connectivity index (χ1) is 13.3. The maximum atomic E-state index is 12.5. The highest BCUT2D eigenvalue weighted by Crippen LogP contribution is 2.29. The molecule has 29 heavy (non-hydrogen) atoms. The molecule has 0 aliphatic carbocycles. The molecular weight excluding hydrogens is 496 g/mol. The predicted molar refractivity (Wildman–Crippen MR) is 121 cm³/mol. The first-order valence-electron chi connectivity index (χ1n) is 9.02. The van der Waals surface area contributed by atoms with Crippen molar-refractivity contribution in [2.45, 2.75) is 33.3 Å². The van der Waals surface area contributed by atoms with E-state index in [-0.39, 0.29) is 41.4 Å². The molecular formula is C20H26F3IN4O. The van der Waals surface area contributed by atoms with Gasteiger partial charge in [0, 0.05) is 6.54 Å². The third-order valence-electron chi connectivity index (χ3n) is 4.13. The van der Waals surface area contributed by atoms with Gasteiger partial charge in [-0.05, 0) is 36.3 Å². The number of ether oxygens (including phenoxy) is 1. The van der Waals surface area contributed by atoms with Gasteiger partial charge < -0.3 is 15.8 Å². The smallest absolute Gasteiger partial charge is 0.404 e. The van der Waals surface area contributed by atoms with Crippen LogP contribution in [0, 0.1) is 0 Å². The number of nitrogens with zero attached hydrogens (tertiary/aromatic N) is 2. The van der Waals surface area contributed by atoms with Gasteiger partial charge in [0.2, 0.25) is 0 Å². The summed E-state index contributed by atoms with van der Waals surface area (Å²) < 4.78 is 41.4. The lowest BCUT2D eigenvalue weighted by Gasteiger charge is -2.18. The van der Waals surface area contributed by atoms with Crippen molar-refractivity contribution < 1.29 is 17.9 Å². The van der Waals surface area contributed by atoms with E-state index in [1.807, 2.05) is 24.3 Å². The van der Waals surface area contributed by atoms with Gasteiger partial charge in [-0.3, -0.25) is 4.90 Å². The maximum absolute atomic E-state index is 12.5. The van der Waals surface area contributed by atoms with Gasteiger partial charge in [-0.25, -0.2) is 4.99 Å². The van der Waals surface area contributed by atoms with Crippen LogP contribution in [-0.4, -0.2) is 30.3 Å². The van der Waals surface area contributed by atoms with Crippen molar-refractivity contribution in [1.82, 2.24) is 4.90 Å². The number of halogens is 4. The third kappa shape index (κ3) is 8.90. The fraction of sp³-hybridized carbons (Fsp3) is 0.350. The minimum Gasteiger partial charge on any atom is -0.404 e. The molecule has 0 saturated carbocycles. The Hall–Kier alpha value is -2.01. The monoisotopic (exact) mass is 522 g/mol. The van der Waals surface area contributed by atoms with E-state index in [9.17, 15) is 13.2 Å². The second-order valence-electron chi connectivity index (χ2n) is 6.15. The summed E-state index contributed by atoms with van der Waals surface area (Å²) in [5, 5.41) is 2.65. The lowest BCUT2D eigenvalue weighted by atomic mass is 10.1. The van der Waals surface area contributed by atoms with Gasteiger partial charge >= 0.3 is 6.36 Å². The maximum Gasteiger partial charge on any atom is 0.573 e. The number of anilines is 1. The van der Waals surface area contributed by atoms with Crippen LogP contribution in [0.25, 0.3) is 0 Å². The number of benzene rings is 2. The van der Waals surface area contributed by atoms with Crippen molar-refractivity contribution in [3.63, 3.8) is 0 Å². The van der Waals surface area contributed by atoms with Gasteiger partial charge in [-0.15, -0.1) is 37.1 Å². The van der Waals surface area contributed by atoms with Crippen LogP contribution >= 0.6 is 24.0 Å². The van der Waals surface area contributed by atoms with E-state index in [2.05, 4.69) is 33.8 Å². The summed E-state index contributed by atoms with van der Waals surface area (Å²) in [5.74, 6) is -0.362. The van der Waals surface area contributed by atoms with E-state index in [1.165, 1.54) is 23.8 Å². The van der Waals surface area contributed by atoms with Gasteiger partial charge in [0.05, 0.1) is 12.2 Å². The highest BCUT2D eigenvalue weighted by Gasteiger charge is 2.32. The lowest BCUT2D eigenvalue weighted by Crippen LogP contribution is -2.24. The Morgan fingerprint density at radius 1 is 1.03 bits per heavy atom. The molecule has 0 saturated heterocycles. The average molecular weight is 522 g/mol. The number of guanidine groups is 1. The minimum atomic E-state index is -4.78. The highest BCUT2D eigenvalue weighted by molar-refractivity contribution is 14.0. The van der Waals surface area contributed by atoms with Crippen molar-refractivity contribution in [3.8, 4) is 5.75 Å². The average Bonchev–Trinajstić information content (AvgIpc) is 2.66. The minimum absolute atomic E-state index is 0. The molecule has 0 fully saturated rings. The van der Waals surface area contributed by atoms with Gasteiger partial charge in [-0.1, -0.05) is 50.2 Å². The quantitative estimate of drug-likeness (QED) is 0.292. The molecule has 0 heterocycles.